The van der Waals surface area contributed by atoms with E-state index >= 15 is 0 Å². The molecule has 3 aromatic rings. The first kappa shape index (κ1) is 24.9. The van der Waals surface area contributed by atoms with Crippen LogP contribution in [0.15, 0.2) is 63.9 Å². The molecule has 1 aliphatic heterocycles. The van der Waals surface area contributed by atoms with Crippen molar-refractivity contribution in [3.05, 3.63) is 80.9 Å². The number of nitrogens with zero attached hydrogens (tertiary/aromatic N) is 1. The smallest absolute Gasteiger partial charge is 0.339 e. The van der Waals surface area contributed by atoms with E-state index in [0.29, 0.717) is 27.9 Å². The van der Waals surface area contributed by atoms with Crippen LogP contribution < -0.4 is 4.74 Å². The third kappa shape index (κ3) is 5.73. The summed E-state index contributed by atoms with van der Waals surface area (Å²) in [5, 5.41) is 0.323. The van der Waals surface area contributed by atoms with Crippen LogP contribution in [-0.2, 0) is 9.53 Å². The molecule has 7 nitrogen and oxygen atoms in total. The predicted octanol–water partition coefficient (Wildman–Crippen LogP) is 6.55. The summed E-state index contributed by atoms with van der Waals surface area (Å²) in [5.74, 6) is 0.361. The van der Waals surface area contributed by atoms with Crippen LogP contribution in [0.5, 0.6) is 5.75 Å². The highest BCUT2D eigenvalue weighted by molar-refractivity contribution is 8.18. The summed E-state index contributed by atoms with van der Waals surface area (Å²) in [6.07, 6.45) is 1.51. The Morgan fingerprint density at radius 1 is 1.09 bits per heavy atom. The van der Waals surface area contributed by atoms with Gasteiger partial charge in [0, 0.05) is 11.6 Å². The van der Waals surface area contributed by atoms with E-state index in [9.17, 15) is 14.4 Å². The summed E-state index contributed by atoms with van der Waals surface area (Å²) in [5.41, 5.74) is 0.839. The molecule has 0 atom stereocenters. The monoisotopic (exact) mass is 531 g/mol. The molecule has 0 aliphatic carbocycles. The lowest BCUT2D eigenvalue weighted by atomic mass is 10.1. The molecule has 2 amide bonds. The van der Waals surface area contributed by atoms with Gasteiger partial charge in [-0.25, -0.2) is 4.79 Å². The van der Waals surface area contributed by atoms with E-state index in [0.717, 1.165) is 16.7 Å². The zero-order valence-corrected chi connectivity index (χ0v) is 20.8. The summed E-state index contributed by atoms with van der Waals surface area (Å²) < 4.78 is 16.4. The molecule has 0 spiro atoms. The standard InChI is InChI=1S/C25H19Cl2NO6S/c1-2-32-24(30)17-13-15(7-9-18(17)26)20-10-8-16(34-20)14-22-23(29)28(25(31)35-22)11-12-33-21-6-4-3-5-19(21)27/h3-10,13-14H,2,11-12H2,1H3/b22-14-. The summed E-state index contributed by atoms with van der Waals surface area (Å²) in [6.45, 7) is 2.13. The zero-order valence-electron chi connectivity index (χ0n) is 18.5. The number of carbonyl (C=O) groups is 3. The SMILES string of the molecule is CCOC(=O)c1cc(-c2ccc(/C=C3\SC(=O)N(CCOc4ccccc4Cl)C3=O)o2)ccc1Cl. The number of benzene rings is 2. The van der Waals surface area contributed by atoms with Crippen LogP contribution in [0, 0.1) is 0 Å². The van der Waals surface area contributed by atoms with Gasteiger partial charge in [-0.05, 0) is 61.2 Å². The second-order valence-corrected chi connectivity index (χ2v) is 9.04. The largest absolute Gasteiger partial charge is 0.490 e. The van der Waals surface area contributed by atoms with Crippen molar-refractivity contribution in [1.29, 1.82) is 0 Å². The molecule has 1 aliphatic rings. The van der Waals surface area contributed by atoms with Crippen molar-refractivity contribution < 1.29 is 28.3 Å². The highest BCUT2D eigenvalue weighted by Gasteiger charge is 2.35. The van der Waals surface area contributed by atoms with E-state index in [-0.39, 0.29) is 35.2 Å². The first-order valence-corrected chi connectivity index (χ1v) is 12.1. The van der Waals surface area contributed by atoms with Crippen LogP contribution in [-0.4, -0.2) is 41.8 Å². The molecule has 0 saturated carbocycles. The Hall–Kier alpha value is -3.20. The lowest BCUT2D eigenvalue weighted by Crippen LogP contribution is -2.32. The molecule has 0 N–H and O–H groups in total. The minimum atomic E-state index is -0.529. The number of amides is 2. The molecule has 4 rings (SSSR count). The summed E-state index contributed by atoms with van der Waals surface area (Å²) >= 11 is 13.0. The van der Waals surface area contributed by atoms with Gasteiger partial charge in [-0.2, -0.15) is 0 Å². The molecular weight excluding hydrogens is 513 g/mol. The fourth-order valence-electron chi connectivity index (χ4n) is 3.26. The first-order chi connectivity index (χ1) is 16.9. The van der Waals surface area contributed by atoms with Crippen LogP contribution in [0.4, 0.5) is 4.79 Å². The van der Waals surface area contributed by atoms with Crippen molar-refractivity contribution in [3.63, 3.8) is 0 Å². The Bertz CT molecular complexity index is 1320. The van der Waals surface area contributed by atoms with Crippen LogP contribution >= 0.6 is 35.0 Å². The van der Waals surface area contributed by atoms with Gasteiger partial charge in [0.1, 0.15) is 23.9 Å². The molecule has 1 fully saturated rings. The number of esters is 1. The fourth-order valence-corrected chi connectivity index (χ4v) is 4.49. The van der Waals surface area contributed by atoms with Gasteiger partial charge in [0.05, 0.1) is 33.7 Å². The van der Waals surface area contributed by atoms with Gasteiger partial charge in [0.25, 0.3) is 11.1 Å². The van der Waals surface area contributed by atoms with E-state index in [1.54, 1.807) is 61.5 Å². The second-order valence-electron chi connectivity index (χ2n) is 7.23. The van der Waals surface area contributed by atoms with E-state index in [1.807, 2.05) is 0 Å². The highest BCUT2D eigenvalue weighted by atomic mass is 35.5. The van der Waals surface area contributed by atoms with Gasteiger partial charge in [0.2, 0.25) is 0 Å². The summed E-state index contributed by atoms with van der Waals surface area (Å²) in [4.78, 5) is 38.6. The average Bonchev–Trinajstić information content (AvgIpc) is 3.40. The van der Waals surface area contributed by atoms with Crippen LogP contribution in [0.25, 0.3) is 17.4 Å². The normalized spacial score (nSPS) is 14.6. The number of carbonyl (C=O) groups excluding carboxylic acids is 3. The van der Waals surface area contributed by atoms with Gasteiger partial charge < -0.3 is 13.9 Å². The third-order valence-electron chi connectivity index (χ3n) is 4.93. The molecule has 1 saturated heterocycles. The maximum atomic E-state index is 12.8. The Labute approximate surface area is 215 Å². The van der Waals surface area contributed by atoms with Crippen molar-refractivity contribution in [2.24, 2.45) is 0 Å². The Morgan fingerprint density at radius 3 is 2.66 bits per heavy atom. The summed E-state index contributed by atoms with van der Waals surface area (Å²) in [7, 11) is 0. The molecule has 0 bridgehead atoms. The third-order valence-corrected chi connectivity index (χ3v) is 6.48. The number of thioether (sulfide) groups is 1. The van der Waals surface area contributed by atoms with Crippen LogP contribution in [0.1, 0.15) is 23.0 Å². The van der Waals surface area contributed by atoms with Crippen molar-refractivity contribution in [3.8, 4) is 17.1 Å². The van der Waals surface area contributed by atoms with Gasteiger partial charge in [0.15, 0.2) is 0 Å². The number of ether oxygens (including phenoxy) is 2. The number of halogens is 2. The molecule has 0 radical (unpaired) electrons. The number of hydrogen-bond donors (Lipinski definition) is 0. The van der Waals surface area contributed by atoms with Gasteiger partial charge in [-0.15, -0.1) is 0 Å². The van der Waals surface area contributed by atoms with Crippen molar-refractivity contribution in [2.45, 2.75) is 6.92 Å². The Balaban J connectivity index is 1.44. The van der Waals surface area contributed by atoms with Crippen molar-refractivity contribution in [1.82, 2.24) is 4.90 Å². The summed E-state index contributed by atoms with van der Waals surface area (Å²) in [6, 6.07) is 15.2. The second kappa shape index (κ2) is 11.0. The first-order valence-electron chi connectivity index (χ1n) is 10.6. The molecule has 2 aromatic carbocycles. The maximum Gasteiger partial charge on any atom is 0.339 e. The topological polar surface area (TPSA) is 86.0 Å². The lowest BCUT2D eigenvalue weighted by Gasteiger charge is -2.13. The highest BCUT2D eigenvalue weighted by Crippen LogP contribution is 2.34. The number of rotatable bonds is 8. The van der Waals surface area contributed by atoms with Crippen molar-refractivity contribution >= 4 is 58.2 Å². The van der Waals surface area contributed by atoms with Gasteiger partial charge in [-0.1, -0.05) is 35.3 Å². The number of imide groups is 1. The average molecular weight is 532 g/mol. The number of hydrogen-bond acceptors (Lipinski definition) is 7. The zero-order chi connectivity index (χ0) is 24.9. The van der Waals surface area contributed by atoms with Gasteiger partial charge in [-0.3, -0.25) is 14.5 Å². The van der Waals surface area contributed by atoms with E-state index in [4.69, 9.17) is 37.1 Å². The molecule has 2 heterocycles. The molecular formula is C25H19Cl2NO6S. The Morgan fingerprint density at radius 2 is 1.89 bits per heavy atom. The number of para-hydroxylation sites is 1. The predicted molar refractivity (Wildman–Crippen MR) is 135 cm³/mol. The maximum absolute atomic E-state index is 12.8. The molecule has 1 aromatic heterocycles. The molecule has 0 unspecified atom stereocenters. The van der Waals surface area contributed by atoms with Crippen LogP contribution in [0.2, 0.25) is 10.0 Å². The van der Waals surface area contributed by atoms with Crippen molar-refractivity contribution in [2.75, 3.05) is 19.8 Å². The fraction of sp³-hybridized carbons (Fsp3) is 0.160. The van der Waals surface area contributed by atoms with Crippen LogP contribution in [0.3, 0.4) is 0 Å². The van der Waals surface area contributed by atoms with E-state index in [2.05, 4.69) is 0 Å². The van der Waals surface area contributed by atoms with Gasteiger partial charge >= 0.3 is 5.97 Å². The van der Waals surface area contributed by atoms with E-state index < -0.39 is 17.1 Å². The minimum absolute atomic E-state index is 0.0814. The lowest BCUT2D eigenvalue weighted by molar-refractivity contribution is -0.123. The van der Waals surface area contributed by atoms with E-state index in [1.165, 1.54) is 6.08 Å². The molecule has 10 heteroatoms. The number of furan rings is 1. The quantitative estimate of drug-likeness (QED) is 0.240. The molecule has 180 valence electrons. The molecule has 35 heavy (non-hydrogen) atoms. The Kier molecular flexibility index (Phi) is 7.85. The minimum Gasteiger partial charge on any atom is -0.490 e.